The monoisotopic (exact) mass is 274 g/mol. The lowest BCUT2D eigenvalue weighted by Crippen LogP contribution is -2.08. The number of hydrogen-bond donors (Lipinski definition) is 1. The maximum atomic E-state index is 4.58. The van der Waals surface area contributed by atoms with E-state index in [4.69, 9.17) is 0 Å². The molecule has 1 aliphatic rings. The Morgan fingerprint density at radius 2 is 2.26 bits per heavy atom. The molecule has 19 heavy (non-hydrogen) atoms. The van der Waals surface area contributed by atoms with Crippen LogP contribution in [0.5, 0.6) is 0 Å². The summed E-state index contributed by atoms with van der Waals surface area (Å²) in [4.78, 5) is 14.7. The smallest absolute Gasteiger partial charge is 0.133 e. The first-order chi connectivity index (χ1) is 9.26. The van der Waals surface area contributed by atoms with E-state index in [1.807, 2.05) is 18.5 Å². The van der Waals surface area contributed by atoms with Crippen molar-refractivity contribution in [3.8, 4) is 0 Å². The van der Waals surface area contributed by atoms with Crippen molar-refractivity contribution in [2.45, 2.75) is 45.1 Å². The van der Waals surface area contributed by atoms with E-state index in [0.29, 0.717) is 5.92 Å². The van der Waals surface area contributed by atoms with Crippen LogP contribution < -0.4 is 5.32 Å². The van der Waals surface area contributed by atoms with Gasteiger partial charge < -0.3 is 5.32 Å². The molecule has 1 fully saturated rings. The molecule has 0 amide bonds. The second-order valence-corrected chi connectivity index (χ2v) is 6.11. The molecule has 3 rings (SSSR count). The van der Waals surface area contributed by atoms with Gasteiger partial charge in [0.1, 0.15) is 16.6 Å². The van der Waals surface area contributed by atoms with Crippen molar-refractivity contribution in [1.82, 2.24) is 15.0 Å². The van der Waals surface area contributed by atoms with Gasteiger partial charge in [-0.25, -0.2) is 15.0 Å². The standard InChI is InChI=1S/C14H18N4S/c1-3-11-8-16-14(19-11)9(2)17-12-6-7-15-13(18-12)10-4-5-10/h6-10H,3-5H2,1-2H3,(H,15,17,18). The fourth-order valence-electron chi connectivity index (χ4n) is 1.96. The maximum Gasteiger partial charge on any atom is 0.133 e. The lowest BCUT2D eigenvalue weighted by Gasteiger charge is -2.12. The Bertz CT molecular complexity index is 562. The van der Waals surface area contributed by atoms with E-state index in [9.17, 15) is 0 Å². The second kappa shape index (κ2) is 5.25. The van der Waals surface area contributed by atoms with Crippen molar-refractivity contribution in [2.75, 3.05) is 5.32 Å². The van der Waals surface area contributed by atoms with Crippen LogP contribution in [0.1, 0.15) is 54.4 Å². The van der Waals surface area contributed by atoms with Gasteiger partial charge in [0.15, 0.2) is 0 Å². The minimum absolute atomic E-state index is 0.187. The first-order valence-corrected chi connectivity index (χ1v) is 7.62. The molecule has 1 aliphatic carbocycles. The lowest BCUT2D eigenvalue weighted by molar-refractivity contribution is 0.844. The van der Waals surface area contributed by atoms with Crippen molar-refractivity contribution in [2.24, 2.45) is 0 Å². The minimum Gasteiger partial charge on any atom is -0.361 e. The summed E-state index contributed by atoms with van der Waals surface area (Å²) in [5.74, 6) is 2.46. The molecule has 1 unspecified atom stereocenters. The van der Waals surface area contributed by atoms with Gasteiger partial charge in [-0.3, -0.25) is 0 Å². The average Bonchev–Trinajstić information content (AvgIpc) is 3.16. The van der Waals surface area contributed by atoms with Gasteiger partial charge in [0, 0.05) is 23.2 Å². The predicted molar refractivity (Wildman–Crippen MR) is 77.5 cm³/mol. The summed E-state index contributed by atoms with van der Waals surface area (Å²) in [6.07, 6.45) is 7.31. The van der Waals surface area contributed by atoms with Gasteiger partial charge in [0.2, 0.25) is 0 Å². The van der Waals surface area contributed by atoms with Crippen LogP contribution in [0.4, 0.5) is 5.82 Å². The highest BCUT2D eigenvalue weighted by molar-refractivity contribution is 7.11. The van der Waals surface area contributed by atoms with Gasteiger partial charge in [0.25, 0.3) is 0 Å². The van der Waals surface area contributed by atoms with Gasteiger partial charge >= 0.3 is 0 Å². The molecule has 1 atom stereocenters. The topological polar surface area (TPSA) is 50.7 Å². The zero-order valence-corrected chi connectivity index (χ0v) is 12.1. The molecule has 0 bridgehead atoms. The molecule has 0 radical (unpaired) electrons. The van der Waals surface area contributed by atoms with E-state index >= 15 is 0 Å². The third kappa shape index (κ3) is 2.92. The Morgan fingerprint density at radius 1 is 1.42 bits per heavy atom. The molecule has 4 nitrogen and oxygen atoms in total. The Labute approximate surface area is 117 Å². The second-order valence-electron chi connectivity index (χ2n) is 4.96. The van der Waals surface area contributed by atoms with Crippen LogP contribution >= 0.6 is 11.3 Å². The van der Waals surface area contributed by atoms with E-state index in [-0.39, 0.29) is 6.04 Å². The van der Waals surface area contributed by atoms with Crippen molar-refractivity contribution in [3.63, 3.8) is 0 Å². The molecular formula is C14H18N4S. The van der Waals surface area contributed by atoms with Gasteiger partial charge in [-0.05, 0) is 32.3 Å². The van der Waals surface area contributed by atoms with Crippen LogP contribution in [-0.4, -0.2) is 15.0 Å². The molecule has 1 saturated carbocycles. The van der Waals surface area contributed by atoms with Crippen LogP contribution in [0.15, 0.2) is 18.5 Å². The van der Waals surface area contributed by atoms with E-state index < -0.39 is 0 Å². The van der Waals surface area contributed by atoms with Crippen molar-refractivity contribution in [3.05, 3.63) is 34.2 Å². The van der Waals surface area contributed by atoms with E-state index in [1.54, 1.807) is 11.3 Å². The summed E-state index contributed by atoms with van der Waals surface area (Å²) in [6, 6.07) is 2.11. The lowest BCUT2D eigenvalue weighted by atomic mass is 10.3. The number of nitrogens with zero attached hydrogens (tertiary/aromatic N) is 3. The first-order valence-electron chi connectivity index (χ1n) is 6.80. The summed E-state index contributed by atoms with van der Waals surface area (Å²) < 4.78 is 0. The highest BCUT2D eigenvalue weighted by Crippen LogP contribution is 2.38. The third-order valence-corrected chi connectivity index (χ3v) is 4.60. The molecule has 5 heteroatoms. The predicted octanol–water partition coefficient (Wildman–Crippen LogP) is 3.55. The summed E-state index contributed by atoms with van der Waals surface area (Å²) in [7, 11) is 0. The van der Waals surface area contributed by atoms with Crippen molar-refractivity contribution < 1.29 is 0 Å². The zero-order valence-electron chi connectivity index (χ0n) is 11.3. The third-order valence-electron chi connectivity index (χ3n) is 3.27. The van der Waals surface area contributed by atoms with Crippen LogP contribution in [0, 0.1) is 0 Å². The average molecular weight is 274 g/mol. The Morgan fingerprint density at radius 3 is 2.95 bits per heavy atom. The van der Waals surface area contributed by atoms with Crippen LogP contribution in [0.2, 0.25) is 0 Å². The first kappa shape index (κ1) is 12.5. The minimum atomic E-state index is 0.187. The molecule has 0 saturated heterocycles. The van der Waals surface area contributed by atoms with Crippen molar-refractivity contribution >= 4 is 17.2 Å². The summed E-state index contributed by atoms with van der Waals surface area (Å²) >= 11 is 1.77. The largest absolute Gasteiger partial charge is 0.361 e. The number of rotatable bonds is 5. The summed E-state index contributed by atoms with van der Waals surface area (Å²) in [5.41, 5.74) is 0. The molecule has 0 aliphatic heterocycles. The number of hydrogen-bond acceptors (Lipinski definition) is 5. The van der Waals surface area contributed by atoms with E-state index in [0.717, 1.165) is 23.1 Å². The molecule has 0 spiro atoms. The van der Waals surface area contributed by atoms with Gasteiger partial charge in [-0.1, -0.05) is 6.92 Å². The fourth-order valence-corrected chi connectivity index (χ4v) is 2.82. The molecule has 100 valence electrons. The zero-order chi connectivity index (χ0) is 13.2. The number of anilines is 1. The van der Waals surface area contributed by atoms with E-state index in [2.05, 4.69) is 34.1 Å². The normalized spacial score (nSPS) is 16.3. The van der Waals surface area contributed by atoms with Gasteiger partial charge in [-0.15, -0.1) is 11.3 Å². The van der Waals surface area contributed by atoms with E-state index in [1.165, 1.54) is 17.7 Å². The van der Waals surface area contributed by atoms with Crippen LogP contribution in [-0.2, 0) is 6.42 Å². The Hall–Kier alpha value is -1.49. The van der Waals surface area contributed by atoms with Gasteiger partial charge in [-0.2, -0.15) is 0 Å². The molecule has 2 aromatic rings. The summed E-state index contributed by atoms with van der Waals surface area (Å²) in [5, 5.41) is 4.53. The SMILES string of the molecule is CCc1cnc(C(C)Nc2ccnc(C3CC3)n2)s1. The fraction of sp³-hybridized carbons (Fsp3) is 0.500. The molecular weight excluding hydrogens is 256 g/mol. The number of thiazole rings is 1. The Balaban J connectivity index is 1.71. The Kier molecular flexibility index (Phi) is 3.46. The van der Waals surface area contributed by atoms with Crippen LogP contribution in [0.3, 0.4) is 0 Å². The quantitative estimate of drug-likeness (QED) is 0.906. The molecule has 1 N–H and O–H groups in total. The molecule has 2 aromatic heterocycles. The maximum absolute atomic E-state index is 4.58. The molecule has 0 aromatic carbocycles. The number of aryl methyl sites for hydroxylation is 1. The van der Waals surface area contributed by atoms with Crippen LogP contribution in [0.25, 0.3) is 0 Å². The highest BCUT2D eigenvalue weighted by Gasteiger charge is 2.26. The number of nitrogens with one attached hydrogen (secondary N) is 1. The summed E-state index contributed by atoms with van der Waals surface area (Å²) in [6.45, 7) is 4.28. The van der Waals surface area contributed by atoms with Gasteiger partial charge in [0.05, 0.1) is 6.04 Å². The van der Waals surface area contributed by atoms with Crippen molar-refractivity contribution in [1.29, 1.82) is 0 Å². The highest BCUT2D eigenvalue weighted by atomic mass is 32.1. The molecule has 2 heterocycles. The number of aromatic nitrogens is 3.